The molecule has 0 saturated carbocycles. The van der Waals surface area contributed by atoms with E-state index < -0.39 is 17.8 Å². The number of alkyl halides is 3. The molecule has 0 radical (unpaired) electrons. The van der Waals surface area contributed by atoms with Crippen LogP contribution < -0.4 is 10.6 Å². The van der Waals surface area contributed by atoms with Crippen molar-refractivity contribution in [1.29, 1.82) is 0 Å². The lowest BCUT2D eigenvalue weighted by Gasteiger charge is -2.11. The molecule has 37 heavy (non-hydrogen) atoms. The summed E-state index contributed by atoms with van der Waals surface area (Å²) < 4.78 is 38.8. The number of hydrogen-bond acceptors (Lipinski definition) is 4. The predicted molar refractivity (Wildman–Crippen MR) is 133 cm³/mol. The number of hydrogen-bond donors (Lipinski definition) is 3. The molecule has 7 nitrogen and oxygen atoms in total. The van der Waals surface area contributed by atoms with Crippen molar-refractivity contribution in [2.24, 2.45) is 0 Å². The lowest BCUT2D eigenvalue weighted by atomic mass is 10.0. The predicted octanol–water partition coefficient (Wildman–Crippen LogP) is 6.52. The van der Waals surface area contributed by atoms with Crippen molar-refractivity contribution in [3.8, 4) is 11.1 Å². The number of nitrogens with one attached hydrogen (secondary N) is 3. The number of benzene rings is 2. The van der Waals surface area contributed by atoms with Gasteiger partial charge in [-0.15, -0.1) is 0 Å². The van der Waals surface area contributed by atoms with Crippen molar-refractivity contribution in [1.82, 2.24) is 15.0 Å². The van der Waals surface area contributed by atoms with Gasteiger partial charge in [0.2, 0.25) is 0 Å². The van der Waals surface area contributed by atoms with Gasteiger partial charge in [0, 0.05) is 63.8 Å². The second-order valence-electron chi connectivity index (χ2n) is 8.13. The highest BCUT2D eigenvalue weighted by Gasteiger charge is 2.30. The number of carbonyl (C=O) groups is 2. The monoisotopic (exact) mass is 501 g/mol. The Balaban J connectivity index is 1.35. The summed E-state index contributed by atoms with van der Waals surface area (Å²) in [5.74, 6) is -0.293. The Kier molecular flexibility index (Phi) is 6.14. The van der Waals surface area contributed by atoms with E-state index in [-0.39, 0.29) is 11.5 Å². The highest BCUT2D eigenvalue weighted by Crippen LogP contribution is 2.31. The second kappa shape index (κ2) is 9.57. The molecule has 0 saturated heterocycles. The van der Waals surface area contributed by atoms with Crippen molar-refractivity contribution in [3.63, 3.8) is 0 Å². The molecule has 0 spiro atoms. The number of aromatic amines is 1. The molecule has 3 N–H and O–H groups in total. The average molecular weight is 501 g/mol. The molecule has 0 aliphatic heterocycles. The van der Waals surface area contributed by atoms with E-state index in [0.29, 0.717) is 27.8 Å². The van der Waals surface area contributed by atoms with Gasteiger partial charge in [0.1, 0.15) is 5.65 Å². The molecular formula is C27H18F3N5O2. The minimum absolute atomic E-state index is 0.0183. The van der Waals surface area contributed by atoms with Crippen LogP contribution in [0, 0.1) is 0 Å². The van der Waals surface area contributed by atoms with Crippen LogP contribution in [0.25, 0.3) is 22.2 Å². The molecule has 0 unspecified atom stereocenters. The lowest BCUT2D eigenvalue weighted by molar-refractivity contribution is -0.137. The Morgan fingerprint density at radius 3 is 2.32 bits per heavy atom. The summed E-state index contributed by atoms with van der Waals surface area (Å²) in [5, 5.41) is 5.55. The van der Waals surface area contributed by atoms with E-state index in [2.05, 4.69) is 25.6 Å². The smallest absolute Gasteiger partial charge is 0.345 e. The number of rotatable bonds is 5. The van der Waals surface area contributed by atoms with Crippen molar-refractivity contribution in [3.05, 3.63) is 108 Å². The van der Waals surface area contributed by atoms with Crippen LogP contribution in [0.1, 0.15) is 21.5 Å². The molecule has 5 rings (SSSR count). The molecule has 10 heteroatoms. The van der Waals surface area contributed by atoms with Crippen molar-refractivity contribution in [2.75, 3.05) is 10.6 Å². The van der Waals surface area contributed by atoms with E-state index in [0.717, 1.165) is 23.3 Å². The minimum atomic E-state index is -4.53. The van der Waals surface area contributed by atoms with E-state index in [9.17, 15) is 22.8 Å². The number of ketones is 1. The van der Waals surface area contributed by atoms with E-state index in [1.165, 1.54) is 18.2 Å². The Hall–Kier alpha value is -4.99. The standard InChI is InChI=1S/C27H18F3N5O2/c28-27(29,30)19-6-2-8-21(12-19)35-26(37)34-20-7-1-4-16(10-20)24(36)23-15-33-25-22(23)11-18(14-32-25)17-5-3-9-31-13-17/h1-15H,(H,32,33)(H2,34,35,37). The Labute approximate surface area is 208 Å². The first-order chi connectivity index (χ1) is 17.8. The van der Waals surface area contributed by atoms with Crippen LogP contribution in [-0.2, 0) is 6.18 Å². The summed E-state index contributed by atoms with van der Waals surface area (Å²) in [6.07, 6.45) is 2.11. The zero-order chi connectivity index (χ0) is 26.0. The number of aromatic nitrogens is 3. The van der Waals surface area contributed by atoms with Crippen LogP contribution in [0.15, 0.2) is 91.5 Å². The fraction of sp³-hybridized carbons (Fsp3) is 0.0370. The molecule has 3 heterocycles. The summed E-state index contributed by atoms with van der Waals surface area (Å²) in [6, 6.07) is 15.4. The van der Waals surface area contributed by atoms with Crippen LogP contribution in [0.5, 0.6) is 0 Å². The maximum atomic E-state index is 13.3. The van der Waals surface area contributed by atoms with Crippen molar-refractivity contribution < 1.29 is 22.8 Å². The first-order valence-corrected chi connectivity index (χ1v) is 11.1. The number of H-pyrrole nitrogens is 1. The van der Waals surface area contributed by atoms with Crippen LogP contribution in [0.3, 0.4) is 0 Å². The van der Waals surface area contributed by atoms with Crippen LogP contribution in [-0.4, -0.2) is 26.8 Å². The first-order valence-electron chi connectivity index (χ1n) is 11.1. The van der Waals surface area contributed by atoms with Crippen LogP contribution >= 0.6 is 0 Å². The molecule has 5 aromatic rings. The number of halogens is 3. The summed E-state index contributed by atoms with van der Waals surface area (Å²) in [5.41, 5.74) is 2.32. The lowest BCUT2D eigenvalue weighted by Crippen LogP contribution is -2.20. The number of pyridine rings is 2. The number of carbonyl (C=O) groups excluding carboxylic acids is 2. The molecule has 2 amide bonds. The van der Waals surface area contributed by atoms with E-state index in [1.54, 1.807) is 43.0 Å². The Bertz CT molecular complexity index is 1610. The summed E-state index contributed by atoms with van der Waals surface area (Å²) >= 11 is 0. The summed E-state index contributed by atoms with van der Waals surface area (Å²) in [7, 11) is 0. The van der Waals surface area contributed by atoms with Gasteiger partial charge in [-0.2, -0.15) is 13.2 Å². The number of fused-ring (bicyclic) bond motifs is 1. The number of amides is 2. The largest absolute Gasteiger partial charge is 0.416 e. The molecule has 0 bridgehead atoms. The average Bonchev–Trinajstić information content (AvgIpc) is 3.32. The topological polar surface area (TPSA) is 99.8 Å². The Morgan fingerprint density at radius 1 is 0.838 bits per heavy atom. The molecule has 3 aromatic heterocycles. The van der Waals surface area contributed by atoms with E-state index in [4.69, 9.17) is 0 Å². The van der Waals surface area contributed by atoms with Crippen LogP contribution in [0.4, 0.5) is 29.3 Å². The molecule has 0 atom stereocenters. The van der Waals surface area contributed by atoms with Gasteiger partial charge in [-0.3, -0.25) is 9.78 Å². The molecule has 184 valence electrons. The third kappa shape index (κ3) is 5.18. The number of anilines is 2. The van der Waals surface area contributed by atoms with Gasteiger partial charge in [0.05, 0.1) is 5.56 Å². The Morgan fingerprint density at radius 2 is 1.59 bits per heavy atom. The molecule has 0 aliphatic rings. The van der Waals surface area contributed by atoms with Crippen LogP contribution in [0.2, 0.25) is 0 Å². The van der Waals surface area contributed by atoms with Gasteiger partial charge in [-0.05, 0) is 42.5 Å². The fourth-order valence-corrected chi connectivity index (χ4v) is 3.84. The SMILES string of the molecule is O=C(Nc1cccc(C(=O)c2c[nH]c3ncc(-c4cccnc4)cc23)c1)Nc1cccc(C(F)(F)F)c1. The van der Waals surface area contributed by atoms with Gasteiger partial charge in [-0.25, -0.2) is 9.78 Å². The maximum absolute atomic E-state index is 13.3. The van der Waals surface area contributed by atoms with E-state index in [1.807, 2.05) is 18.2 Å². The normalized spacial score (nSPS) is 11.3. The quantitative estimate of drug-likeness (QED) is 0.239. The maximum Gasteiger partial charge on any atom is 0.416 e. The summed E-state index contributed by atoms with van der Waals surface area (Å²) in [4.78, 5) is 37.2. The van der Waals surface area contributed by atoms with Crippen molar-refractivity contribution in [2.45, 2.75) is 6.18 Å². The third-order valence-corrected chi connectivity index (χ3v) is 5.60. The molecule has 2 aromatic carbocycles. The molecular weight excluding hydrogens is 483 g/mol. The first kappa shape index (κ1) is 23.7. The zero-order valence-electron chi connectivity index (χ0n) is 19.0. The van der Waals surface area contributed by atoms with Gasteiger partial charge in [0.25, 0.3) is 0 Å². The molecule has 0 aliphatic carbocycles. The third-order valence-electron chi connectivity index (χ3n) is 5.60. The summed E-state index contributed by atoms with van der Waals surface area (Å²) in [6.45, 7) is 0. The highest BCUT2D eigenvalue weighted by molar-refractivity contribution is 6.16. The highest BCUT2D eigenvalue weighted by atomic mass is 19.4. The number of urea groups is 1. The van der Waals surface area contributed by atoms with E-state index >= 15 is 0 Å². The van der Waals surface area contributed by atoms with Gasteiger partial charge < -0.3 is 15.6 Å². The minimum Gasteiger partial charge on any atom is -0.345 e. The van der Waals surface area contributed by atoms with Gasteiger partial charge in [0.15, 0.2) is 5.78 Å². The number of nitrogens with zero attached hydrogens (tertiary/aromatic N) is 2. The van der Waals surface area contributed by atoms with Crippen molar-refractivity contribution >= 4 is 34.2 Å². The molecule has 0 fully saturated rings. The van der Waals surface area contributed by atoms with Gasteiger partial charge in [-0.1, -0.05) is 24.3 Å². The zero-order valence-corrected chi connectivity index (χ0v) is 19.0. The van der Waals surface area contributed by atoms with Gasteiger partial charge >= 0.3 is 12.2 Å². The fourth-order valence-electron chi connectivity index (χ4n) is 3.84. The second-order valence-corrected chi connectivity index (χ2v) is 8.13.